The number of rotatable bonds is 2. The highest BCUT2D eigenvalue weighted by Gasteiger charge is 2.33. The Balaban J connectivity index is 2.10. The van der Waals surface area contributed by atoms with Crippen LogP contribution in [0, 0.1) is 5.82 Å². The highest BCUT2D eigenvalue weighted by atomic mass is 79.9. The lowest BCUT2D eigenvalue weighted by Crippen LogP contribution is -2.53. The Morgan fingerprint density at radius 2 is 2.13 bits per heavy atom. The first-order valence-corrected chi connectivity index (χ1v) is 8.22. The first-order valence-electron chi connectivity index (χ1n) is 7.43. The van der Waals surface area contributed by atoms with E-state index in [1.807, 2.05) is 0 Å². The van der Waals surface area contributed by atoms with Crippen LogP contribution in [-0.4, -0.2) is 30.2 Å². The highest BCUT2D eigenvalue weighted by molar-refractivity contribution is 9.10. The maximum absolute atomic E-state index is 14.1. The monoisotopic (exact) mass is 386 g/mol. The van der Waals surface area contributed by atoms with Crippen molar-refractivity contribution in [3.05, 3.63) is 28.5 Å². The number of benzene rings is 1. The van der Waals surface area contributed by atoms with Crippen molar-refractivity contribution >= 4 is 33.6 Å². The van der Waals surface area contributed by atoms with Crippen molar-refractivity contribution in [3.8, 4) is 0 Å². The molecule has 1 fully saturated rings. The third-order valence-corrected chi connectivity index (χ3v) is 3.82. The van der Waals surface area contributed by atoms with Crippen LogP contribution in [0.5, 0.6) is 0 Å². The van der Waals surface area contributed by atoms with Gasteiger partial charge in [0.1, 0.15) is 17.5 Å². The number of halogens is 2. The molecule has 2 amide bonds. The number of hydrogen-bond acceptors (Lipinski definition) is 3. The van der Waals surface area contributed by atoms with Gasteiger partial charge in [0.05, 0.1) is 5.69 Å². The molecule has 0 aliphatic carbocycles. The molecule has 1 aromatic carbocycles. The molecule has 0 unspecified atom stereocenters. The van der Waals surface area contributed by atoms with Crippen LogP contribution in [0.1, 0.15) is 33.6 Å². The summed E-state index contributed by atoms with van der Waals surface area (Å²) in [4.78, 5) is 25.8. The van der Waals surface area contributed by atoms with Crippen molar-refractivity contribution in [2.45, 2.75) is 45.3 Å². The number of alkyl carbamates (subject to hydrolysis) is 1. The molecule has 1 atom stereocenters. The first-order chi connectivity index (χ1) is 10.7. The van der Waals surface area contributed by atoms with E-state index >= 15 is 0 Å². The van der Waals surface area contributed by atoms with Gasteiger partial charge < -0.3 is 15.0 Å². The smallest absolute Gasteiger partial charge is 0.408 e. The van der Waals surface area contributed by atoms with Crippen LogP contribution in [0.4, 0.5) is 14.9 Å². The predicted octanol–water partition coefficient (Wildman–Crippen LogP) is 3.61. The molecule has 0 aromatic heterocycles. The van der Waals surface area contributed by atoms with Gasteiger partial charge in [-0.05, 0) is 51.8 Å². The van der Waals surface area contributed by atoms with Crippen molar-refractivity contribution in [2.75, 3.05) is 11.4 Å². The molecule has 1 aromatic rings. The van der Waals surface area contributed by atoms with E-state index < -0.39 is 23.6 Å². The molecule has 0 bridgehead atoms. The van der Waals surface area contributed by atoms with Crippen molar-refractivity contribution < 1.29 is 18.7 Å². The number of hydrogen-bond donors (Lipinski definition) is 1. The number of carbonyl (C=O) groups is 2. The van der Waals surface area contributed by atoms with Gasteiger partial charge in [-0.2, -0.15) is 0 Å². The number of carbonyl (C=O) groups excluding carboxylic acids is 2. The van der Waals surface area contributed by atoms with Gasteiger partial charge in [-0.15, -0.1) is 0 Å². The molecule has 1 saturated heterocycles. The lowest BCUT2D eigenvalue weighted by atomic mass is 10.0. The number of nitrogens with zero attached hydrogens (tertiary/aromatic N) is 1. The lowest BCUT2D eigenvalue weighted by molar-refractivity contribution is -0.121. The third-order valence-electron chi connectivity index (χ3n) is 3.33. The average Bonchev–Trinajstić information content (AvgIpc) is 2.40. The van der Waals surface area contributed by atoms with Gasteiger partial charge in [0.15, 0.2) is 0 Å². The minimum atomic E-state index is -0.707. The average molecular weight is 387 g/mol. The third kappa shape index (κ3) is 4.67. The number of amides is 2. The fourth-order valence-electron chi connectivity index (χ4n) is 2.40. The van der Waals surface area contributed by atoms with E-state index in [1.54, 1.807) is 32.9 Å². The zero-order chi connectivity index (χ0) is 17.2. The van der Waals surface area contributed by atoms with E-state index in [1.165, 1.54) is 11.0 Å². The van der Waals surface area contributed by atoms with Crippen LogP contribution < -0.4 is 10.2 Å². The van der Waals surface area contributed by atoms with Gasteiger partial charge >= 0.3 is 6.09 Å². The van der Waals surface area contributed by atoms with E-state index in [0.29, 0.717) is 23.9 Å². The zero-order valence-corrected chi connectivity index (χ0v) is 14.9. The number of anilines is 1. The summed E-state index contributed by atoms with van der Waals surface area (Å²) in [6.45, 7) is 5.67. The molecule has 0 spiro atoms. The standard InChI is InChI=1S/C16H20BrFN2O3/c1-16(2,3)23-15(22)19-12-5-4-8-20(14(12)21)13-7-6-10(17)9-11(13)18/h6-7,9,12H,4-5,8H2,1-3H3,(H,19,22)/t12-/m1/s1. The summed E-state index contributed by atoms with van der Waals surface area (Å²) < 4.78 is 19.9. The topological polar surface area (TPSA) is 58.6 Å². The summed E-state index contributed by atoms with van der Waals surface area (Å²) in [5.74, 6) is -0.811. The molecule has 0 radical (unpaired) electrons. The van der Waals surface area contributed by atoms with Gasteiger partial charge in [-0.1, -0.05) is 15.9 Å². The molecule has 5 nitrogen and oxygen atoms in total. The van der Waals surface area contributed by atoms with Crippen molar-refractivity contribution in [1.82, 2.24) is 5.32 Å². The summed E-state index contributed by atoms with van der Waals surface area (Å²) in [5, 5.41) is 2.57. The molecule has 1 heterocycles. The van der Waals surface area contributed by atoms with Gasteiger partial charge in [0, 0.05) is 11.0 Å². The summed E-state index contributed by atoms with van der Waals surface area (Å²) in [6.07, 6.45) is 0.531. The Bertz CT molecular complexity index is 616. The van der Waals surface area contributed by atoms with Crippen molar-refractivity contribution in [1.29, 1.82) is 0 Å². The van der Waals surface area contributed by atoms with Gasteiger partial charge in [-0.25, -0.2) is 9.18 Å². The molecular formula is C16H20BrFN2O3. The summed E-state index contributed by atoms with van der Waals surface area (Å²) in [5.41, 5.74) is -0.423. The molecule has 1 aliphatic rings. The molecule has 126 valence electrons. The van der Waals surface area contributed by atoms with Crippen molar-refractivity contribution in [2.24, 2.45) is 0 Å². The minimum absolute atomic E-state index is 0.217. The quantitative estimate of drug-likeness (QED) is 0.844. The lowest BCUT2D eigenvalue weighted by Gasteiger charge is -2.33. The number of nitrogens with one attached hydrogen (secondary N) is 1. The Hall–Kier alpha value is -1.63. The molecular weight excluding hydrogens is 367 g/mol. The molecule has 1 aliphatic heterocycles. The summed E-state index contributed by atoms with van der Waals surface area (Å²) in [7, 11) is 0. The number of ether oxygens (including phenoxy) is 1. The maximum atomic E-state index is 14.1. The fraction of sp³-hybridized carbons (Fsp3) is 0.500. The van der Waals surface area contributed by atoms with E-state index in [-0.39, 0.29) is 11.6 Å². The number of piperidine rings is 1. The normalized spacial score (nSPS) is 18.7. The molecule has 1 N–H and O–H groups in total. The van der Waals surface area contributed by atoms with Crippen LogP contribution >= 0.6 is 15.9 Å². The Morgan fingerprint density at radius 3 is 2.74 bits per heavy atom. The molecule has 7 heteroatoms. The predicted molar refractivity (Wildman–Crippen MR) is 88.8 cm³/mol. The Morgan fingerprint density at radius 1 is 1.43 bits per heavy atom. The van der Waals surface area contributed by atoms with Crippen molar-refractivity contribution in [3.63, 3.8) is 0 Å². The van der Waals surface area contributed by atoms with E-state index in [9.17, 15) is 14.0 Å². The summed E-state index contributed by atoms with van der Waals surface area (Å²) in [6, 6.07) is 3.83. The Labute approximate surface area is 143 Å². The largest absolute Gasteiger partial charge is 0.444 e. The van der Waals surface area contributed by atoms with Gasteiger partial charge in [-0.3, -0.25) is 4.79 Å². The van der Waals surface area contributed by atoms with Crippen LogP contribution in [0.15, 0.2) is 22.7 Å². The van der Waals surface area contributed by atoms with Crippen LogP contribution in [0.2, 0.25) is 0 Å². The van der Waals surface area contributed by atoms with Gasteiger partial charge in [0.25, 0.3) is 0 Å². The van der Waals surface area contributed by atoms with E-state index in [0.717, 1.165) is 0 Å². The first kappa shape index (κ1) is 17.7. The maximum Gasteiger partial charge on any atom is 0.408 e. The Kier molecular flexibility index (Phi) is 5.29. The zero-order valence-electron chi connectivity index (χ0n) is 13.4. The second kappa shape index (κ2) is 6.86. The molecule has 0 saturated carbocycles. The molecule has 23 heavy (non-hydrogen) atoms. The van der Waals surface area contributed by atoms with E-state index in [2.05, 4.69) is 21.2 Å². The minimum Gasteiger partial charge on any atom is -0.444 e. The second-order valence-electron chi connectivity index (χ2n) is 6.43. The van der Waals surface area contributed by atoms with E-state index in [4.69, 9.17) is 4.74 Å². The SMILES string of the molecule is CC(C)(C)OC(=O)N[C@@H]1CCCN(c2ccc(Br)cc2F)C1=O. The van der Waals surface area contributed by atoms with Crippen LogP contribution in [-0.2, 0) is 9.53 Å². The van der Waals surface area contributed by atoms with Gasteiger partial charge in [0.2, 0.25) is 5.91 Å². The highest BCUT2D eigenvalue weighted by Crippen LogP contribution is 2.26. The molecule has 2 rings (SSSR count). The van der Waals surface area contributed by atoms with Crippen LogP contribution in [0.3, 0.4) is 0 Å². The fourth-order valence-corrected chi connectivity index (χ4v) is 2.73. The second-order valence-corrected chi connectivity index (χ2v) is 7.34. The van der Waals surface area contributed by atoms with Crippen LogP contribution in [0.25, 0.3) is 0 Å². The summed E-state index contributed by atoms with van der Waals surface area (Å²) >= 11 is 3.19.